The normalized spacial score (nSPS) is 20.0. The first-order valence-electron chi connectivity index (χ1n) is 10.7. The van der Waals surface area contributed by atoms with E-state index in [0.29, 0.717) is 38.3 Å². The van der Waals surface area contributed by atoms with Crippen LogP contribution < -0.4 is 9.80 Å². The SMILES string of the molecule is C[C@@H]1C[C@H](F)c2ncnc(N3CCN(C(=O)CCN(C(=O)O)c4ccc(Cl)c(F)c4)CC3)c21. The Morgan fingerprint density at radius 1 is 1.24 bits per heavy atom. The number of anilines is 2. The molecular weight excluding hydrogens is 456 g/mol. The van der Waals surface area contributed by atoms with Crippen LogP contribution in [0.15, 0.2) is 24.5 Å². The Labute approximate surface area is 194 Å². The second-order valence-electron chi connectivity index (χ2n) is 8.25. The molecule has 2 heterocycles. The number of halogens is 3. The molecule has 1 saturated heterocycles. The van der Waals surface area contributed by atoms with E-state index < -0.39 is 18.1 Å². The van der Waals surface area contributed by atoms with Gasteiger partial charge in [0.1, 0.15) is 24.1 Å². The minimum Gasteiger partial charge on any atom is -0.465 e. The van der Waals surface area contributed by atoms with Crippen LogP contribution in [-0.4, -0.2) is 64.7 Å². The molecule has 1 aromatic heterocycles. The van der Waals surface area contributed by atoms with E-state index >= 15 is 0 Å². The molecule has 4 rings (SSSR count). The Kier molecular flexibility index (Phi) is 6.64. The van der Waals surface area contributed by atoms with Crippen LogP contribution in [0.25, 0.3) is 0 Å². The maximum Gasteiger partial charge on any atom is 0.411 e. The summed E-state index contributed by atoms with van der Waals surface area (Å²) in [6, 6.07) is 3.70. The highest BCUT2D eigenvalue weighted by molar-refractivity contribution is 6.30. The molecule has 1 aliphatic carbocycles. The highest BCUT2D eigenvalue weighted by Gasteiger charge is 2.35. The number of carboxylic acid groups (broad SMARTS) is 1. The van der Waals surface area contributed by atoms with E-state index in [9.17, 15) is 23.5 Å². The highest BCUT2D eigenvalue weighted by atomic mass is 35.5. The van der Waals surface area contributed by atoms with Gasteiger partial charge in [-0.05, 0) is 30.5 Å². The molecule has 0 bridgehead atoms. The highest BCUT2D eigenvalue weighted by Crippen LogP contribution is 2.44. The molecular formula is C22H24ClF2N5O3. The van der Waals surface area contributed by atoms with Crippen LogP contribution in [-0.2, 0) is 4.79 Å². The van der Waals surface area contributed by atoms with Crippen LogP contribution in [0.3, 0.4) is 0 Å². The first-order chi connectivity index (χ1) is 15.8. The smallest absolute Gasteiger partial charge is 0.411 e. The van der Waals surface area contributed by atoms with Gasteiger partial charge in [-0.15, -0.1) is 0 Å². The first-order valence-corrected chi connectivity index (χ1v) is 11.1. The monoisotopic (exact) mass is 479 g/mol. The zero-order valence-electron chi connectivity index (χ0n) is 18.0. The zero-order valence-corrected chi connectivity index (χ0v) is 18.8. The minimum absolute atomic E-state index is 0.0329. The average Bonchev–Trinajstić information content (AvgIpc) is 3.09. The van der Waals surface area contributed by atoms with Crippen molar-refractivity contribution in [2.75, 3.05) is 42.5 Å². The molecule has 0 spiro atoms. The Morgan fingerprint density at radius 3 is 2.64 bits per heavy atom. The number of nitrogens with zero attached hydrogens (tertiary/aromatic N) is 5. The van der Waals surface area contributed by atoms with Gasteiger partial charge in [-0.1, -0.05) is 18.5 Å². The second-order valence-corrected chi connectivity index (χ2v) is 8.66. The Balaban J connectivity index is 1.36. The number of hydrogen-bond acceptors (Lipinski definition) is 5. The van der Waals surface area contributed by atoms with Crippen molar-refractivity contribution in [1.29, 1.82) is 0 Å². The van der Waals surface area contributed by atoms with Gasteiger partial charge in [0.05, 0.1) is 16.4 Å². The van der Waals surface area contributed by atoms with Crippen molar-refractivity contribution < 1.29 is 23.5 Å². The van der Waals surface area contributed by atoms with E-state index in [0.717, 1.165) is 22.3 Å². The number of carbonyl (C=O) groups is 2. The molecule has 2 aliphatic rings. The van der Waals surface area contributed by atoms with Crippen molar-refractivity contribution in [2.45, 2.75) is 31.9 Å². The van der Waals surface area contributed by atoms with Gasteiger partial charge < -0.3 is 14.9 Å². The van der Waals surface area contributed by atoms with Crippen LogP contribution in [0.5, 0.6) is 0 Å². The number of benzene rings is 1. The Bertz CT molecular complexity index is 1060. The number of hydrogen-bond donors (Lipinski definition) is 1. The molecule has 0 radical (unpaired) electrons. The van der Waals surface area contributed by atoms with Crippen LogP contribution >= 0.6 is 11.6 Å². The molecule has 1 N–H and O–H groups in total. The topological polar surface area (TPSA) is 89.9 Å². The summed E-state index contributed by atoms with van der Waals surface area (Å²) in [6.45, 7) is 3.80. The van der Waals surface area contributed by atoms with Gasteiger partial charge in [0.25, 0.3) is 0 Å². The van der Waals surface area contributed by atoms with Crippen LogP contribution in [0.2, 0.25) is 5.02 Å². The van der Waals surface area contributed by atoms with Gasteiger partial charge in [0.2, 0.25) is 5.91 Å². The molecule has 1 fully saturated rings. The molecule has 1 aliphatic heterocycles. The predicted octanol–water partition coefficient (Wildman–Crippen LogP) is 4.01. The number of rotatable bonds is 5. The third-order valence-electron chi connectivity index (χ3n) is 6.17. The quantitative estimate of drug-likeness (QED) is 0.697. The van der Waals surface area contributed by atoms with Gasteiger partial charge in [-0.2, -0.15) is 0 Å². The van der Waals surface area contributed by atoms with E-state index in [1.807, 2.05) is 11.8 Å². The van der Waals surface area contributed by atoms with Gasteiger partial charge in [-0.3, -0.25) is 9.69 Å². The summed E-state index contributed by atoms with van der Waals surface area (Å²) < 4.78 is 28.0. The fourth-order valence-corrected chi connectivity index (χ4v) is 4.55. The number of piperazine rings is 1. The summed E-state index contributed by atoms with van der Waals surface area (Å²) in [6.07, 6.45) is -0.619. The fraction of sp³-hybridized carbons (Fsp3) is 0.455. The summed E-state index contributed by atoms with van der Waals surface area (Å²) in [5.74, 6) is -0.167. The number of fused-ring (bicyclic) bond motifs is 1. The molecule has 11 heteroatoms. The van der Waals surface area contributed by atoms with E-state index in [4.69, 9.17) is 11.6 Å². The van der Waals surface area contributed by atoms with Crippen molar-refractivity contribution in [2.24, 2.45) is 0 Å². The summed E-state index contributed by atoms with van der Waals surface area (Å²) in [7, 11) is 0. The average molecular weight is 480 g/mol. The van der Waals surface area contributed by atoms with Gasteiger partial charge >= 0.3 is 6.09 Å². The molecule has 33 heavy (non-hydrogen) atoms. The second kappa shape index (κ2) is 9.46. The standard InChI is InChI=1S/C22H24ClF2N5O3/c1-13-10-17(25)20-19(13)21(27-12-26-20)29-8-6-28(7-9-29)18(31)4-5-30(22(32)33)14-2-3-15(23)16(24)11-14/h2-3,11-13,17H,4-10H2,1H3,(H,32,33)/t13-,17+/m1/s1. The summed E-state index contributed by atoms with van der Waals surface area (Å²) in [5.41, 5.74) is 1.41. The lowest BCUT2D eigenvalue weighted by molar-refractivity contribution is -0.131. The molecule has 2 amide bonds. The maximum absolute atomic E-state index is 14.2. The maximum atomic E-state index is 14.2. The predicted molar refractivity (Wildman–Crippen MR) is 119 cm³/mol. The molecule has 2 atom stereocenters. The number of aromatic nitrogens is 2. The van der Waals surface area contributed by atoms with Crippen LogP contribution in [0.1, 0.15) is 43.1 Å². The van der Waals surface area contributed by atoms with E-state index in [1.165, 1.54) is 18.5 Å². The third kappa shape index (κ3) is 4.71. The van der Waals surface area contributed by atoms with Crippen molar-refractivity contribution >= 4 is 35.1 Å². The molecule has 0 saturated carbocycles. The van der Waals surface area contributed by atoms with Crippen molar-refractivity contribution in [3.05, 3.63) is 46.6 Å². The van der Waals surface area contributed by atoms with Crippen molar-refractivity contribution in [3.63, 3.8) is 0 Å². The molecule has 1 aromatic carbocycles. The summed E-state index contributed by atoms with van der Waals surface area (Å²) >= 11 is 5.66. The number of amides is 2. The first kappa shape index (κ1) is 23.2. The minimum atomic E-state index is -1.28. The zero-order chi connectivity index (χ0) is 23.7. The summed E-state index contributed by atoms with van der Waals surface area (Å²) in [4.78, 5) is 37.5. The molecule has 2 aromatic rings. The lowest BCUT2D eigenvalue weighted by Gasteiger charge is -2.36. The van der Waals surface area contributed by atoms with E-state index in [2.05, 4.69) is 9.97 Å². The molecule has 176 valence electrons. The number of carbonyl (C=O) groups excluding carboxylic acids is 1. The van der Waals surface area contributed by atoms with E-state index in [1.54, 1.807) is 4.90 Å². The lowest BCUT2D eigenvalue weighted by atomic mass is 10.1. The third-order valence-corrected chi connectivity index (χ3v) is 6.48. The fourth-order valence-electron chi connectivity index (χ4n) is 4.44. The largest absolute Gasteiger partial charge is 0.465 e. The van der Waals surface area contributed by atoms with Gasteiger partial charge in [0.15, 0.2) is 0 Å². The lowest BCUT2D eigenvalue weighted by Crippen LogP contribution is -2.50. The Morgan fingerprint density at radius 2 is 1.97 bits per heavy atom. The van der Waals surface area contributed by atoms with Gasteiger partial charge in [-0.25, -0.2) is 23.5 Å². The van der Waals surface area contributed by atoms with Crippen molar-refractivity contribution in [1.82, 2.24) is 14.9 Å². The van der Waals surface area contributed by atoms with Crippen LogP contribution in [0, 0.1) is 5.82 Å². The summed E-state index contributed by atoms with van der Waals surface area (Å²) in [5, 5.41) is 9.38. The van der Waals surface area contributed by atoms with Crippen molar-refractivity contribution in [3.8, 4) is 0 Å². The van der Waals surface area contributed by atoms with E-state index in [-0.39, 0.29) is 35.5 Å². The Hall–Kier alpha value is -3.01. The molecule has 8 nitrogen and oxygen atoms in total. The van der Waals surface area contributed by atoms with Gasteiger partial charge in [0, 0.05) is 44.7 Å². The van der Waals surface area contributed by atoms with Crippen LogP contribution in [0.4, 0.5) is 25.1 Å². The molecule has 0 unspecified atom stereocenters. The number of alkyl halides is 1.